The van der Waals surface area contributed by atoms with Crippen molar-refractivity contribution < 1.29 is 8.42 Å². The van der Waals surface area contributed by atoms with E-state index in [4.69, 9.17) is 0 Å². The fourth-order valence-corrected chi connectivity index (χ4v) is 4.15. The summed E-state index contributed by atoms with van der Waals surface area (Å²) in [4.78, 5) is 11.0. The van der Waals surface area contributed by atoms with Crippen molar-refractivity contribution in [2.45, 2.75) is 39.2 Å². The number of hydrogen-bond acceptors (Lipinski definition) is 6. The van der Waals surface area contributed by atoms with E-state index < -0.39 is 10.0 Å². The van der Waals surface area contributed by atoms with Crippen LogP contribution in [-0.2, 0) is 16.6 Å². The van der Waals surface area contributed by atoms with Crippen LogP contribution in [0.25, 0.3) is 11.0 Å². The van der Waals surface area contributed by atoms with Gasteiger partial charge in [-0.3, -0.25) is 0 Å². The Morgan fingerprint density at radius 3 is 2.79 bits per heavy atom. The van der Waals surface area contributed by atoms with Gasteiger partial charge in [-0.25, -0.2) is 27.8 Å². The second kappa shape index (κ2) is 7.43. The first-order chi connectivity index (χ1) is 11.6. The second-order valence-corrected chi connectivity index (χ2v) is 7.99. The van der Waals surface area contributed by atoms with Gasteiger partial charge in [0.15, 0.2) is 5.65 Å². The molecule has 0 aliphatic carbocycles. The van der Waals surface area contributed by atoms with Gasteiger partial charge in [-0.15, -0.1) is 0 Å². The number of nitrogens with zero attached hydrogens (tertiary/aromatic N) is 5. The molecule has 1 aliphatic rings. The molecular weight excluding hydrogens is 328 g/mol. The van der Waals surface area contributed by atoms with E-state index in [1.807, 2.05) is 6.92 Å². The highest BCUT2D eigenvalue weighted by Crippen LogP contribution is 2.25. The number of sulfonamides is 1. The first-order valence-electron chi connectivity index (χ1n) is 8.49. The maximum atomic E-state index is 11.8. The van der Waals surface area contributed by atoms with Crippen molar-refractivity contribution in [3.63, 3.8) is 0 Å². The van der Waals surface area contributed by atoms with Crippen LogP contribution >= 0.6 is 0 Å². The van der Waals surface area contributed by atoms with Gasteiger partial charge < -0.3 is 4.90 Å². The normalized spacial score (nSPS) is 15.5. The Bertz CT molecular complexity index is 782. The van der Waals surface area contributed by atoms with Crippen molar-refractivity contribution >= 4 is 26.9 Å². The highest BCUT2D eigenvalue weighted by Gasteiger charge is 2.18. The van der Waals surface area contributed by atoms with Crippen LogP contribution in [0.5, 0.6) is 0 Å². The maximum Gasteiger partial charge on any atom is 0.211 e. The Morgan fingerprint density at radius 1 is 1.25 bits per heavy atom. The number of unbranched alkanes of at least 4 members (excludes halogenated alkanes) is 1. The van der Waals surface area contributed by atoms with E-state index in [0.717, 1.165) is 36.4 Å². The Hall–Kier alpha value is -1.74. The molecule has 0 unspecified atom stereocenters. The predicted molar refractivity (Wildman–Crippen MR) is 93.5 cm³/mol. The van der Waals surface area contributed by atoms with Crippen LogP contribution in [0.3, 0.4) is 0 Å². The van der Waals surface area contributed by atoms with Crippen molar-refractivity contribution in [3.05, 3.63) is 12.5 Å². The van der Waals surface area contributed by atoms with E-state index in [1.54, 1.807) is 17.2 Å². The van der Waals surface area contributed by atoms with Crippen LogP contribution in [0, 0.1) is 0 Å². The molecule has 0 atom stereocenters. The zero-order valence-electron chi connectivity index (χ0n) is 14.0. The Kier molecular flexibility index (Phi) is 5.30. The summed E-state index contributed by atoms with van der Waals surface area (Å²) in [6, 6.07) is 0. The van der Waals surface area contributed by atoms with Gasteiger partial charge in [0.1, 0.15) is 12.1 Å². The summed E-state index contributed by atoms with van der Waals surface area (Å²) in [5.74, 6) is 1.09. The van der Waals surface area contributed by atoms with Crippen LogP contribution in [0.4, 0.5) is 5.82 Å². The Balaban J connectivity index is 1.69. The van der Waals surface area contributed by atoms with Gasteiger partial charge >= 0.3 is 0 Å². The lowest BCUT2D eigenvalue weighted by molar-refractivity contribution is 0.562. The number of hydrogen-bond donors (Lipinski definition) is 1. The third kappa shape index (κ3) is 3.84. The molecule has 3 heterocycles. The van der Waals surface area contributed by atoms with Crippen LogP contribution in [0.15, 0.2) is 12.5 Å². The summed E-state index contributed by atoms with van der Waals surface area (Å²) in [5.41, 5.74) is 0.750. The van der Waals surface area contributed by atoms with E-state index in [-0.39, 0.29) is 5.75 Å². The molecule has 1 fully saturated rings. The zero-order valence-corrected chi connectivity index (χ0v) is 14.8. The number of nitrogens with one attached hydrogen (secondary N) is 1. The van der Waals surface area contributed by atoms with E-state index >= 15 is 0 Å². The van der Waals surface area contributed by atoms with Crippen molar-refractivity contribution in [1.29, 1.82) is 0 Å². The molecule has 2 aromatic rings. The fraction of sp³-hybridized carbons (Fsp3) is 0.667. The van der Waals surface area contributed by atoms with Crippen LogP contribution < -0.4 is 9.62 Å². The lowest BCUT2D eigenvalue weighted by Crippen LogP contribution is -2.29. The minimum atomic E-state index is -3.20. The summed E-state index contributed by atoms with van der Waals surface area (Å²) >= 11 is 0. The number of aromatic nitrogens is 4. The molecule has 0 saturated carbocycles. The van der Waals surface area contributed by atoms with Gasteiger partial charge in [0.05, 0.1) is 23.9 Å². The van der Waals surface area contributed by atoms with E-state index in [0.29, 0.717) is 19.5 Å². The SMILES string of the molecule is CCCCS(=O)(=O)NCCn1ncc2c(N3CCCC3)ncnc21. The molecular formula is C15H24N6O2S. The highest BCUT2D eigenvalue weighted by atomic mass is 32.2. The Labute approximate surface area is 142 Å². The van der Waals surface area contributed by atoms with Gasteiger partial charge in [0.25, 0.3) is 0 Å². The molecule has 8 nitrogen and oxygen atoms in total. The smallest absolute Gasteiger partial charge is 0.211 e. The summed E-state index contributed by atoms with van der Waals surface area (Å²) in [5, 5.41) is 5.29. The summed E-state index contributed by atoms with van der Waals surface area (Å²) in [7, 11) is -3.20. The molecule has 24 heavy (non-hydrogen) atoms. The second-order valence-electron chi connectivity index (χ2n) is 6.06. The van der Waals surface area contributed by atoms with E-state index in [1.165, 1.54) is 12.8 Å². The van der Waals surface area contributed by atoms with Crippen molar-refractivity contribution in [2.75, 3.05) is 30.3 Å². The minimum Gasteiger partial charge on any atom is -0.356 e. The molecule has 0 amide bonds. The van der Waals surface area contributed by atoms with Gasteiger partial charge in [-0.2, -0.15) is 5.10 Å². The quantitative estimate of drug-likeness (QED) is 0.766. The van der Waals surface area contributed by atoms with Gasteiger partial charge in [0.2, 0.25) is 10.0 Å². The van der Waals surface area contributed by atoms with Gasteiger partial charge in [0, 0.05) is 19.6 Å². The molecule has 3 rings (SSSR count). The average Bonchev–Trinajstić information content (AvgIpc) is 3.23. The summed E-state index contributed by atoms with van der Waals surface area (Å²) in [6.07, 6.45) is 7.22. The van der Waals surface area contributed by atoms with Crippen molar-refractivity contribution in [2.24, 2.45) is 0 Å². The lowest BCUT2D eigenvalue weighted by Gasteiger charge is -2.16. The largest absolute Gasteiger partial charge is 0.356 e. The lowest BCUT2D eigenvalue weighted by atomic mass is 10.3. The molecule has 1 aliphatic heterocycles. The van der Waals surface area contributed by atoms with Crippen LogP contribution in [-0.4, -0.2) is 53.6 Å². The molecule has 1 N–H and O–H groups in total. The molecule has 9 heteroatoms. The topological polar surface area (TPSA) is 93.0 Å². The van der Waals surface area contributed by atoms with Crippen LogP contribution in [0.2, 0.25) is 0 Å². The monoisotopic (exact) mass is 352 g/mol. The van der Waals surface area contributed by atoms with Crippen LogP contribution in [0.1, 0.15) is 32.6 Å². The fourth-order valence-electron chi connectivity index (χ4n) is 2.94. The predicted octanol–water partition coefficient (Wildman–Crippen LogP) is 1.15. The minimum absolute atomic E-state index is 0.171. The van der Waals surface area contributed by atoms with Crippen molar-refractivity contribution in [3.8, 4) is 0 Å². The molecule has 2 aromatic heterocycles. The van der Waals surface area contributed by atoms with E-state index in [9.17, 15) is 8.42 Å². The number of fused-ring (bicyclic) bond motifs is 1. The zero-order chi connectivity index (χ0) is 17.0. The standard InChI is InChI=1S/C15H24N6O2S/c1-2-3-10-24(22,23)19-6-9-21-15-13(11-18-21)14(16-12-17-15)20-7-4-5-8-20/h11-12,19H,2-10H2,1H3. The molecule has 0 aromatic carbocycles. The summed E-state index contributed by atoms with van der Waals surface area (Å²) in [6.45, 7) is 4.75. The number of rotatable bonds is 8. The van der Waals surface area contributed by atoms with Crippen molar-refractivity contribution in [1.82, 2.24) is 24.5 Å². The number of anilines is 1. The molecule has 1 saturated heterocycles. The van der Waals surface area contributed by atoms with E-state index in [2.05, 4.69) is 24.7 Å². The molecule has 0 spiro atoms. The molecule has 0 bridgehead atoms. The average molecular weight is 352 g/mol. The Morgan fingerprint density at radius 2 is 2.04 bits per heavy atom. The molecule has 132 valence electrons. The highest BCUT2D eigenvalue weighted by molar-refractivity contribution is 7.89. The first kappa shape index (κ1) is 17.1. The molecule has 0 radical (unpaired) electrons. The maximum absolute atomic E-state index is 11.8. The van der Waals surface area contributed by atoms with Gasteiger partial charge in [-0.05, 0) is 19.3 Å². The summed E-state index contributed by atoms with van der Waals surface area (Å²) < 4.78 is 28.0. The third-order valence-electron chi connectivity index (χ3n) is 4.23. The van der Waals surface area contributed by atoms with Gasteiger partial charge in [-0.1, -0.05) is 13.3 Å². The first-order valence-corrected chi connectivity index (χ1v) is 10.1. The third-order valence-corrected chi connectivity index (χ3v) is 5.70.